The number of nitrogens with one attached hydrogen (secondary N) is 1. The molecule has 5 nitrogen and oxygen atoms in total. The SMILES string of the molecule is CC(C)(C)OC(=O)COc1cccc(C(=O)Nc2cccc(C(F)F)c2)c1. The molecule has 1 amide bonds. The van der Waals surface area contributed by atoms with Crippen LogP contribution in [0.1, 0.15) is 43.1 Å². The van der Waals surface area contributed by atoms with E-state index in [0.29, 0.717) is 5.75 Å². The molecule has 144 valence electrons. The minimum Gasteiger partial charge on any atom is -0.482 e. The Hall–Kier alpha value is -2.96. The third-order valence-electron chi connectivity index (χ3n) is 3.27. The van der Waals surface area contributed by atoms with Crippen LogP contribution in [0.25, 0.3) is 0 Å². The number of halogens is 2. The third-order valence-corrected chi connectivity index (χ3v) is 3.27. The Bertz CT molecular complexity index is 816. The average Bonchev–Trinajstić information content (AvgIpc) is 2.59. The lowest BCUT2D eigenvalue weighted by atomic mass is 10.1. The molecule has 0 aliphatic carbocycles. The van der Waals surface area contributed by atoms with Crippen LogP contribution in [-0.4, -0.2) is 24.1 Å². The molecule has 2 aromatic rings. The van der Waals surface area contributed by atoms with E-state index in [2.05, 4.69) is 5.32 Å². The van der Waals surface area contributed by atoms with Crippen molar-refractivity contribution in [1.29, 1.82) is 0 Å². The van der Waals surface area contributed by atoms with Gasteiger partial charge in [-0.05, 0) is 51.1 Å². The summed E-state index contributed by atoms with van der Waals surface area (Å²) in [4.78, 5) is 24.0. The van der Waals surface area contributed by atoms with Crippen LogP contribution in [0.15, 0.2) is 48.5 Å². The van der Waals surface area contributed by atoms with E-state index in [4.69, 9.17) is 9.47 Å². The topological polar surface area (TPSA) is 64.6 Å². The molecule has 0 radical (unpaired) electrons. The van der Waals surface area contributed by atoms with Crippen LogP contribution in [0, 0.1) is 0 Å². The summed E-state index contributed by atoms with van der Waals surface area (Å²) in [5, 5.41) is 2.56. The predicted octanol–water partition coefficient (Wildman–Crippen LogP) is 4.60. The van der Waals surface area contributed by atoms with E-state index in [1.807, 2.05) is 0 Å². The normalized spacial score (nSPS) is 11.2. The minimum atomic E-state index is -2.62. The van der Waals surface area contributed by atoms with Gasteiger partial charge in [0, 0.05) is 16.8 Å². The van der Waals surface area contributed by atoms with Crippen molar-refractivity contribution in [3.8, 4) is 5.75 Å². The highest BCUT2D eigenvalue weighted by molar-refractivity contribution is 6.04. The first-order chi connectivity index (χ1) is 12.6. The first kappa shape index (κ1) is 20.4. The van der Waals surface area contributed by atoms with Crippen LogP contribution < -0.4 is 10.1 Å². The number of hydrogen-bond donors (Lipinski definition) is 1. The van der Waals surface area contributed by atoms with Crippen molar-refractivity contribution in [2.24, 2.45) is 0 Å². The zero-order valence-electron chi connectivity index (χ0n) is 15.3. The Morgan fingerprint density at radius 2 is 1.78 bits per heavy atom. The first-order valence-electron chi connectivity index (χ1n) is 8.28. The number of esters is 1. The Balaban J connectivity index is 2.01. The average molecular weight is 377 g/mol. The highest BCUT2D eigenvalue weighted by Gasteiger charge is 2.17. The number of ether oxygens (including phenoxy) is 2. The molecule has 2 aromatic carbocycles. The minimum absolute atomic E-state index is 0.178. The van der Waals surface area contributed by atoms with Gasteiger partial charge in [-0.2, -0.15) is 0 Å². The Kier molecular flexibility index (Phi) is 6.50. The maximum absolute atomic E-state index is 12.7. The standard InChI is InChI=1S/C20H21F2NO4/c1-20(2,3)27-17(24)12-26-16-9-5-7-14(11-16)19(25)23-15-8-4-6-13(10-15)18(21)22/h4-11,18H,12H2,1-3H3,(H,23,25). The van der Waals surface area contributed by atoms with Crippen LogP contribution in [0.2, 0.25) is 0 Å². The van der Waals surface area contributed by atoms with Gasteiger partial charge in [-0.25, -0.2) is 13.6 Å². The lowest BCUT2D eigenvalue weighted by Crippen LogP contribution is -2.27. The molecule has 0 atom stereocenters. The van der Waals surface area contributed by atoms with E-state index in [-0.39, 0.29) is 23.4 Å². The van der Waals surface area contributed by atoms with Gasteiger partial charge in [-0.15, -0.1) is 0 Å². The molecule has 2 rings (SSSR count). The molecule has 27 heavy (non-hydrogen) atoms. The van der Waals surface area contributed by atoms with Crippen molar-refractivity contribution in [2.75, 3.05) is 11.9 Å². The fourth-order valence-electron chi connectivity index (χ4n) is 2.20. The summed E-state index contributed by atoms with van der Waals surface area (Å²) in [5.74, 6) is -0.694. The second-order valence-corrected chi connectivity index (χ2v) is 6.78. The van der Waals surface area contributed by atoms with E-state index >= 15 is 0 Å². The number of rotatable bonds is 6. The van der Waals surface area contributed by atoms with Crippen LogP contribution in [0.3, 0.4) is 0 Å². The number of alkyl halides is 2. The number of hydrogen-bond acceptors (Lipinski definition) is 4. The van der Waals surface area contributed by atoms with Gasteiger partial charge >= 0.3 is 5.97 Å². The number of carbonyl (C=O) groups excluding carboxylic acids is 2. The van der Waals surface area contributed by atoms with Crippen molar-refractivity contribution in [1.82, 2.24) is 0 Å². The Morgan fingerprint density at radius 1 is 1.07 bits per heavy atom. The second kappa shape index (κ2) is 8.62. The Labute approximate surface area is 156 Å². The Morgan fingerprint density at radius 3 is 2.44 bits per heavy atom. The van der Waals surface area contributed by atoms with Gasteiger partial charge in [-0.1, -0.05) is 18.2 Å². The number of amides is 1. The third kappa shape index (κ3) is 6.69. The van der Waals surface area contributed by atoms with Crippen LogP contribution in [0.5, 0.6) is 5.75 Å². The largest absolute Gasteiger partial charge is 0.482 e. The molecule has 0 saturated heterocycles. The van der Waals surface area contributed by atoms with E-state index in [0.717, 1.165) is 0 Å². The fourth-order valence-corrected chi connectivity index (χ4v) is 2.20. The van der Waals surface area contributed by atoms with Gasteiger partial charge < -0.3 is 14.8 Å². The molecule has 0 aliphatic rings. The monoisotopic (exact) mass is 377 g/mol. The highest BCUT2D eigenvalue weighted by atomic mass is 19.3. The molecule has 1 N–H and O–H groups in total. The van der Waals surface area contributed by atoms with Crippen LogP contribution >= 0.6 is 0 Å². The zero-order chi connectivity index (χ0) is 20.0. The molecule has 0 aromatic heterocycles. The predicted molar refractivity (Wildman–Crippen MR) is 97.1 cm³/mol. The van der Waals surface area contributed by atoms with Gasteiger partial charge in [0.2, 0.25) is 0 Å². The summed E-state index contributed by atoms with van der Waals surface area (Å²) in [6.07, 6.45) is -2.62. The van der Waals surface area contributed by atoms with E-state index in [9.17, 15) is 18.4 Å². The molecular weight excluding hydrogens is 356 g/mol. The summed E-state index contributed by atoms with van der Waals surface area (Å²) in [6, 6.07) is 11.7. The van der Waals surface area contributed by atoms with Crippen molar-refractivity contribution >= 4 is 17.6 Å². The van der Waals surface area contributed by atoms with Gasteiger partial charge in [0.25, 0.3) is 12.3 Å². The van der Waals surface area contributed by atoms with Crippen LogP contribution in [-0.2, 0) is 9.53 Å². The van der Waals surface area contributed by atoms with Crippen molar-refractivity contribution in [3.05, 3.63) is 59.7 Å². The summed E-state index contributed by atoms with van der Waals surface area (Å²) in [7, 11) is 0. The van der Waals surface area contributed by atoms with E-state index < -0.39 is 23.9 Å². The van der Waals surface area contributed by atoms with E-state index in [1.165, 1.54) is 30.3 Å². The lowest BCUT2D eigenvalue weighted by molar-refractivity contribution is -0.157. The molecule has 0 fully saturated rings. The summed E-state index contributed by atoms with van der Waals surface area (Å²) in [6.45, 7) is 4.95. The summed E-state index contributed by atoms with van der Waals surface area (Å²) >= 11 is 0. The molecule has 0 unspecified atom stereocenters. The van der Waals surface area contributed by atoms with Crippen LogP contribution in [0.4, 0.5) is 14.5 Å². The summed E-state index contributed by atoms with van der Waals surface area (Å²) < 4.78 is 36.0. The van der Waals surface area contributed by atoms with Crippen molar-refractivity contribution in [3.63, 3.8) is 0 Å². The van der Waals surface area contributed by atoms with Gasteiger partial charge in [-0.3, -0.25) is 4.79 Å². The second-order valence-electron chi connectivity index (χ2n) is 6.78. The van der Waals surface area contributed by atoms with E-state index in [1.54, 1.807) is 39.0 Å². The van der Waals surface area contributed by atoms with Gasteiger partial charge in [0.1, 0.15) is 11.4 Å². The molecule has 0 heterocycles. The molecule has 0 spiro atoms. The smallest absolute Gasteiger partial charge is 0.344 e. The molecule has 0 aliphatic heterocycles. The fraction of sp³-hybridized carbons (Fsp3) is 0.300. The quantitative estimate of drug-likeness (QED) is 0.748. The maximum Gasteiger partial charge on any atom is 0.344 e. The van der Waals surface area contributed by atoms with Crippen molar-refractivity contribution in [2.45, 2.75) is 32.8 Å². The number of benzene rings is 2. The van der Waals surface area contributed by atoms with Gasteiger partial charge in [0.05, 0.1) is 0 Å². The highest BCUT2D eigenvalue weighted by Crippen LogP contribution is 2.22. The molecule has 0 bridgehead atoms. The zero-order valence-corrected chi connectivity index (χ0v) is 15.3. The summed E-state index contributed by atoms with van der Waals surface area (Å²) in [5.41, 5.74) is -0.270. The number of carbonyl (C=O) groups is 2. The van der Waals surface area contributed by atoms with Gasteiger partial charge in [0.15, 0.2) is 6.61 Å². The molecule has 0 saturated carbocycles. The number of anilines is 1. The molecular formula is C20H21F2NO4. The van der Waals surface area contributed by atoms with Crippen molar-refractivity contribution < 1.29 is 27.8 Å². The molecule has 7 heteroatoms. The maximum atomic E-state index is 12.7. The lowest BCUT2D eigenvalue weighted by Gasteiger charge is -2.19. The first-order valence-corrected chi connectivity index (χ1v) is 8.28.